The molecule has 2 rings (SSSR count). The van der Waals surface area contributed by atoms with Crippen LogP contribution in [0, 0.1) is 0 Å². The number of amides is 1. The number of nitrogens with zero attached hydrogens (tertiary/aromatic N) is 2. The van der Waals surface area contributed by atoms with Gasteiger partial charge in [-0.15, -0.1) is 4.41 Å². The SMILES string of the molecule is CC(=O)N(n1cccc1)S(=O)(=O)c1ccccc1. The molecular formula is C12H12N2O3S. The summed E-state index contributed by atoms with van der Waals surface area (Å²) < 4.78 is 26.7. The van der Waals surface area contributed by atoms with Crippen LogP contribution < -0.4 is 4.41 Å². The van der Waals surface area contributed by atoms with Gasteiger partial charge in [0.1, 0.15) is 0 Å². The Labute approximate surface area is 105 Å². The Morgan fingerprint density at radius 2 is 1.61 bits per heavy atom. The maximum atomic E-state index is 12.4. The summed E-state index contributed by atoms with van der Waals surface area (Å²) in [6.07, 6.45) is 3.00. The van der Waals surface area contributed by atoms with Crippen LogP contribution in [0.4, 0.5) is 0 Å². The van der Waals surface area contributed by atoms with E-state index in [0.717, 1.165) is 4.41 Å². The van der Waals surface area contributed by atoms with Crippen LogP contribution in [-0.2, 0) is 14.8 Å². The minimum Gasteiger partial charge on any atom is -0.272 e. The van der Waals surface area contributed by atoms with Crippen LogP contribution in [0.15, 0.2) is 59.8 Å². The van der Waals surface area contributed by atoms with Crippen molar-refractivity contribution in [1.29, 1.82) is 0 Å². The molecule has 2 aromatic rings. The van der Waals surface area contributed by atoms with Gasteiger partial charge in [0.15, 0.2) is 0 Å². The van der Waals surface area contributed by atoms with E-state index < -0.39 is 15.9 Å². The van der Waals surface area contributed by atoms with E-state index in [2.05, 4.69) is 0 Å². The monoisotopic (exact) mass is 264 g/mol. The van der Waals surface area contributed by atoms with E-state index in [0.29, 0.717) is 0 Å². The smallest absolute Gasteiger partial charge is 0.272 e. The molecule has 0 unspecified atom stereocenters. The molecule has 0 saturated heterocycles. The molecule has 0 atom stereocenters. The van der Waals surface area contributed by atoms with Crippen molar-refractivity contribution in [2.75, 3.05) is 4.41 Å². The molecule has 0 bridgehead atoms. The minimum atomic E-state index is -3.88. The van der Waals surface area contributed by atoms with Crippen molar-refractivity contribution in [1.82, 2.24) is 4.68 Å². The van der Waals surface area contributed by atoms with Crippen molar-refractivity contribution < 1.29 is 13.2 Å². The number of sulfonamides is 1. The zero-order chi connectivity index (χ0) is 13.2. The summed E-state index contributed by atoms with van der Waals surface area (Å²) in [6.45, 7) is 1.21. The zero-order valence-electron chi connectivity index (χ0n) is 9.72. The second kappa shape index (κ2) is 4.66. The van der Waals surface area contributed by atoms with Gasteiger partial charge >= 0.3 is 0 Å². The van der Waals surface area contributed by atoms with Gasteiger partial charge in [-0.2, -0.15) is 8.42 Å². The highest BCUT2D eigenvalue weighted by Gasteiger charge is 2.27. The van der Waals surface area contributed by atoms with Crippen molar-refractivity contribution in [2.45, 2.75) is 11.8 Å². The lowest BCUT2D eigenvalue weighted by Gasteiger charge is -2.21. The highest BCUT2D eigenvalue weighted by Crippen LogP contribution is 2.14. The zero-order valence-corrected chi connectivity index (χ0v) is 10.5. The molecule has 1 aromatic carbocycles. The molecule has 0 spiro atoms. The highest BCUT2D eigenvalue weighted by molar-refractivity contribution is 7.93. The fourth-order valence-electron chi connectivity index (χ4n) is 1.59. The van der Waals surface area contributed by atoms with Crippen LogP contribution in [0.1, 0.15) is 6.92 Å². The Hall–Kier alpha value is -2.08. The quantitative estimate of drug-likeness (QED) is 0.841. The van der Waals surface area contributed by atoms with Crippen LogP contribution in [0.2, 0.25) is 0 Å². The maximum absolute atomic E-state index is 12.4. The third-order valence-corrected chi connectivity index (χ3v) is 4.11. The summed E-state index contributed by atoms with van der Waals surface area (Å²) in [5.74, 6) is -0.574. The number of hydrogen-bond donors (Lipinski definition) is 0. The van der Waals surface area contributed by atoms with Gasteiger partial charge in [0.05, 0.1) is 4.90 Å². The van der Waals surface area contributed by atoms with E-state index in [1.54, 1.807) is 30.3 Å². The molecule has 0 saturated carbocycles. The van der Waals surface area contributed by atoms with Crippen LogP contribution in [-0.4, -0.2) is 19.0 Å². The number of carbonyl (C=O) groups excluding carboxylic acids is 1. The predicted octanol–water partition coefficient (Wildman–Crippen LogP) is 1.36. The lowest BCUT2D eigenvalue weighted by molar-refractivity contribution is -0.116. The fourth-order valence-corrected chi connectivity index (χ4v) is 2.99. The molecule has 1 aromatic heterocycles. The molecule has 0 aliphatic heterocycles. The largest absolute Gasteiger partial charge is 0.284 e. The average molecular weight is 264 g/mol. The molecule has 6 heteroatoms. The fraction of sp³-hybridized carbons (Fsp3) is 0.0833. The molecule has 1 heterocycles. The molecule has 0 aliphatic rings. The van der Waals surface area contributed by atoms with Gasteiger partial charge in [0.25, 0.3) is 15.9 Å². The van der Waals surface area contributed by atoms with Gasteiger partial charge < -0.3 is 0 Å². The topological polar surface area (TPSA) is 59.4 Å². The number of aromatic nitrogens is 1. The van der Waals surface area contributed by atoms with E-state index >= 15 is 0 Å². The van der Waals surface area contributed by atoms with Crippen molar-refractivity contribution in [2.24, 2.45) is 0 Å². The first-order chi connectivity index (χ1) is 8.53. The second-order valence-corrected chi connectivity index (χ2v) is 5.41. The van der Waals surface area contributed by atoms with E-state index in [4.69, 9.17) is 0 Å². The molecule has 1 amide bonds. The van der Waals surface area contributed by atoms with Crippen molar-refractivity contribution >= 4 is 15.9 Å². The van der Waals surface area contributed by atoms with Crippen molar-refractivity contribution in [3.05, 3.63) is 54.9 Å². The van der Waals surface area contributed by atoms with E-state index in [-0.39, 0.29) is 4.90 Å². The van der Waals surface area contributed by atoms with Gasteiger partial charge in [-0.05, 0) is 24.3 Å². The molecule has 0 radical (unpaired) electrons. The molecule has 0 N–H and O–H groups in total. The summed E-state index contributed by atoms with van der Waals surface area (Å²) in [7, 11) is -3.88. The normalized spacial score (nSPS) is 11.2. The van der Waals surface area contributed by atoms with Gasteiger partial charge in [-0.1, -0.05) is 18.2 Å². The Morgan fingerprint density at radius 3 is 2.11 bits per heavy atom. The first kappa shape index (κ1) is 12.4. The molecular weight excluding hydrogens is 252 g/mol. The minimum absolute atomic E-state index is 0.0777. The van der Waals surface area contributed by atoms with Gasteiger partial charge in [-0.25, -0.2) is 0 Å². The number of benzene rings is 1. The molecule has 0 aliphatic carbocycles. The van der Waals surface area contributed by atoms with Gasteiger partial charge in [-0.3, -0.25) is 9.47 Å². The average Bonchev–Trinajstić information content (AvgIpc) is 2.83. The Kier molecular flexibility index (Phi) is 3.20. The van der Waals surface area contributed by atoms with Crippen LogP contribution in [0.3, 0.4) is 0 Å². The van der Waals surface area contributed by atoms with Crippen LogP contribution >= 0.6 is 0 Å². The van der Waals surface area contributed by atoms with Gasteiger partial charge in [0.2, 0.25) is 0 Å². The number of hydrogen-bond acceptors (Lipinski definition) is 3. The molecule has 0 fully saturated rings. The summed E-state index contributed by atoms with van der Waals surface area (Å²) in [5, 5.41) is 0. The number of carbonyl (C=O) groups is 1. The van der Waals surface area contributed by atoms with Crippen molar-refractivity contribution in [3.63, 3.8) is 0 Å². The highest BCUT2D eigenvalue weighted by atomic mass is 32.2. The molecule has 5 nitrogen and oxygen atoms in total. The van der Waals surface area contributed by atoms with Gasteiger partial charge in [0, 0.05) is 19.3 Å². The first-order valence-electron chi connectivity index (χ1n) is 5.27. The molecule has 18 heavy (non-hydrogen) atoms. The summed E-state index contributed by atoms with van der Waals surface area (Å²) in [6, 6.07) is 11.1. The van der Waals surface area contributed by atoms with E-state index in [1.165, 1.54) is 36.1 Å². The second-order valence-electron chi connectivity index (χ2n) is 3.64. The first-order valence-corrected chi connectivity index (χ1v) is 6.71. The Morgan fingerprint density at radius 1 is 1.06 bits per heavy atom. The third-order valence-electron chi connectivity index (χ3n) is 2.34. The summed E-state index contributed by atoms with van der Waals surface area (Å²) in [5.41, 5.74) is 0. The number of rotatable bonds is 3. The van der Waals surface area contributed by atoms with Crippen LogP contribution in [0.25, 0.3) is 0 Å². The lowest BCUT2D eigenvalue weighted by Crippen LogP contribution is -2.43. The lowest BCUT2D eigenvalue weighted by atomic mass is 10.4. The Balaban J connectivity index is 2.54. The van der Waals surface area contributed by atoms with Crippen molar-refractivity contribution in [3.8, 4) is 0 Å². The predicted molar refractivity (Wildman–Crippen MR) is 67.0 cm³/mol. The Bertz CT molecular complexity index is 633. The summed E-state index contributed by atoms with van der Waals surface area (Å²) in [4.78, 5) is 11.7. The standard InChI is InChI=1S/C12H12N2O3S/c1-11(15)14(13-9-5-6-10-13)18(16,17)12-7-3-2-4-8-12/h2-10H,1H3. The maximum Gasteiger partial charge on any atom is 0.284 e. The third kappa shape index (κ3) is 2.14. The molecule has 94 valence electrons. The van der Waals surface area contributed by atoms with E-state index in [1.807, 2.05) is 0 Å². The summed E-state index contributed by atoms with van der Waals surface area (Å²) >= 11 is 0. The van der Waals surface area contributed by atoms with Crippen LogP contribution in [0.5, 0.6) is 0 Å². The van der Waals surface area contributed by atoms with E-state index in [9.17, 15) is 13.2 Å².